The summed E-state index contributed by atoms with van der Waals surface area (Å²) in [4.78, 5) is 10.3. The Labute approximate surface area is 47.8 Å². The Bertz CT molecular complexity index is 112. The SMILES string of the molecule is C=CC(=O)C(C)(N)O. The maximum absolute atomic E-state index is 10.3. The molecule has 1 atom stereocenters. The van der Waals surface area contributed by atoms with Gasteiger partial charge in [-0.05, 0) is 13.0 Å². The van der Waals surface area contributed by atoms with Crippen molar-refractivity contribution < 1.29 is 9.90 Å². The van der Waals surface area contributed by atoms with E-state index in [0.29, 0.717) is 0 Å². The van der Waals surface area contributed by atoms with Crippen LogP contribution in [0.5, 0.6) is 0 Å². The van der Waals surface area contributed by atoms with E-state index < -0.39 is 11.5 Å². The maximum Gasteiger partial charge on any atom is 0.201 e. The molecule has 0 aliphatic carbocycles. The zero-order valence-electron chi connectivity index (χ0n) is 4.72. The van der Waals surface area contributed by atoms with Crippen molar-refractivity contribution in [3.05, 3.63) is 12.7 Å². The molecule has 0 saturated carbocycles. The van der Waals surface area contributed by atoms with Crippen LogP contribution < -0.4 is 5.73 Å². The minimum atomic E-state index is -1.75. The molecule has 0 aliphatic heterocycles. The van der Waals surface area contributed by atoms with Crippen LogP contribution in [0.15, 0.2) is 12.7 Å². The van der Waals surface area contributed by atoms with Gasteiger partial charge in [-0.15, -0.1) is 0 Å². The molecule has 0 rings (SSSR count). The van der Waals surface area contributed by atoms with Gasteiger partial charge in [0.15, 0.2) is 5.72 Å². The lowest BCUT2D eigenvalue weighted by atomic mass is 10.2. The van der Waals surface area contributed by atoms with E-state index >= 15 is 0 Å². The van der Waals surface area contributed by atoms with Crippen molar-refractivity contribution in [1.82, 2.24) is 0 Å². The summed E-state index contributed by atoms with van der Waals surface area (Å²) in [6.07, 6.45) is 0.986. The van der Waals surface area contributed by atoms with Gasteiger partial charge in [0, 0.05) is 0 Å². The zero-order chi connectivity index (χ0) is 6.78. The van der Waals surface area contributed by atoms with Crippen LogP contribution in [0.1, 0.15) is 6.92 Å². The van der Waals surface area contributed by atoms with Crippen molar-refractivity contribution in [3.63, 3.8) is 0 Å². The van der Waals surface area contributed by atoms with Gasteiger partial charge in [0.25, 0.3) is 0 Å². The topological polar surface area (TPSA) is 63.3 Å². The smallest absolute Gasteiger partial charge is 0.201 e. The Hall–Kier alpha value is -0.670. The fourth-order valence-corrected chi connectivity index (χ4v) is 0.207. The lowest BCUT2D eigenvalue weighted by Gasteiger charge is -2.10. The average molecular weight is 115 g/mol. The lowest BCUT2D eigenvalue weighted by Crippen LogP contribution is -2.43. The quantitative estimate of drug-likeness (QED) is 0.373. The number of aliphatic hydroxyl groups is 1. The molecule has 3 nitrogen and oxygen atoms in total. The normalized spacial score (nSPS) is 16.9. The highest BCUT2D eigenvalue weighted by atomic mass is 16.3. The van der Waals surface area contributed by atoms with E-state index in [9.17, 15) is 4.79 Å². The van der Waals surface area contributed by atoms with Gasteiger partial charge in [-0.3, -0.25) is 10.5 Å². The summed E-state index contributed by atoms with van der Waals surface area (Å²) in [5.74, 6) is -0.572. The second-order valence-corrected chi connectivity index (χ2v) is 1.72. The highest BCUT2D eigenvalue weighted by Crippen LogP contribution is 1.93. The molecule has 0 spiro atoms. The molecule has 0 saturated heterocycles. The lowest BCUT2D eigenvalue weighted by molar-refractivity contribution is -0.129. The van der Waals surface area contributed by atoms with Gasteiger partial charge in [-0.2, -0.15) is 0 Å². The van der Waals surface area contributed by atoms with E-state index in [4.69, 9.17) is 10.8 Å². The minimum Gasteiger partial charge on any atom is -0.369 e. The molecule has 0 heterocycles. The predicted molar refractivity (Wildman–Crippen MR) is 30.0 cm³/mol. The first kappa shape index (κ1) is 7.33. The van der Waals surface area contributed by atoms with Gasteiger partial charge in [0.2, 0.25) is 5.78 Å². The predicted octanol–water partition coefficient (Wildman–Crippen LogP) is -0.591. The molecule has 0 aliphatic rings. The van der Waals surface area contributed by atoms with Crippen LogP contribution in [0.25, 0.3) is 0 Å². The van der Waals surface area contributed by atoms with Crippen molar-refractivity contribution in [1.29, 1.82) is 0 Å². The van der Waals surface area contributed by atoms with Crippen molar-refractivity contribution in [2.75, 3.05) is 0 Å². The number of hydrogen-bond donors (Lipinski definition) is 2. The number of hydrogen-bond acceptors (Lipinski definition) is 3. The van der Waals surface area contributed by atoms with Gasteiger partial charge >= 0.3 is 0 Å². The Morgan fingerprint density at radius 3 is 2.38 bits per heavy atom. The van der Waals surface area contributed by atoms with Gasteiger partial charge in [0.1, 0.15) is 0 Å². The number of nitrogens with two attached hydrogens (primary N) is 1. The number of carbonyl (C=O) groups excluding carboxylic acids is 1. The van der Waals surface area contributed by atoms with Crippen LogP contribution in [0.2, 0.25) is 0 Å². The van der Waals surface area contributed by atoms with Crippen molar-refractivity contribution in [2.24, 2.45) is 5.73 Å². The molecule has 8 heavy (non-hydrogen) atoms. The molecule has 1 unspecified atom stereocenters. The van der Waals surface area contributed by atoms with Crippen LogP contribution in [0, 0.1) is 0 Å². The third-order valence-electron chi connectivity index (χ3n) is 0.684. The third-order valence-corrected chi connectivity index (χ3v) is 0.684. The summed E-state index contributed by atoms with van der Waals surface area (Å²) >= 11 is 0. The first-order valence-electron chi connectivity index (χ1n) is 2.16. The monoisotopic (exact) mass is 115 g/mol. The van der Waals surface area contributed by atoms with Gasteiger partial charge in [-0.25, -0.2) is 0 Å². The highest BCUT2D eigenvalue weighted by molar-refractivity contribution is 5.95. The van der Waals surface area contributed by atoms with Crippen LogP contribution in [0.3, 0.4) is 0 Å². The fourth-order valence-electron chi connectivity index (χ4n) is 0.207. The maximum atomic E-state index is 10.3. The van der Waals surface area contributed by atoms with Gasteiger partial charge in [0.05, 0.1) is 0 Å². The van der Waals surface area contributed by atoms with E-state index in [2.05, 4.69) is 6.58 Å². The molecule has 46 valence electrons. The molecular formula is C5H9NO2. The molecule has 3 N–H and O–H groups in total. The minimum absolute atomic E-state index is 0.572. The summed E-state index contributed by atoms with van der Waals surface area (Å²) in [5, 5.41) is 8.64. The second-order valence-electron chi connectivity index (χ2n) is 1.72. The largest absolute Gasteiger partial charge is 0.369 e. The molecular weight excluding hydrogens is 106 g/mol. The van der Waals surface area contributed by atoms with E-state index in [1.54, 1.807) is 0 Å². The second kappa shape index (κ2) is 2.07. The average Bonchev–Trinajstić information content (AvgIpc) is 1.62. The molecule has 0 aromatic carbocycles. The van der Waals surface area contributed by atoms with E-state index in [-0.39, 0.29) is 0 Å². The van der Waals surface area contributed by atoms with Crippen molar-refractivity contribution in [3.8, 4) is 0 Å². The van der Waals surface area contributed by atoms with Gasteiger partial charge in [-0.1, -0.05) is 6.58 Å². The Morgan fingerprint density at radius 2 is 2.38 bits per heavy atom. The summed E-state index contributed by atoms with van der Waals surface area (Å²) in [6.45, 7) is 4.34. The molecule has 0 bridgehead atoms. The highest BCUT2D eigenvalue weighted by Gasteiger charge is 2.20. The number of ketones is 1. The zero-order valence-corrected chi connectivity index (χ0v) is 4.72. The first-order valence-corrected chi connectivity index (χ1v) is 2.16. The third kappa shape index (κ3) is 1.86. The van der Waals surface area contributed by atoms with Crippen LogP contribution >= 0.6 is 0 Å². The summed E-state index contributed by atoms with van der Waals surface area (Å²) < 4.78 is 0. The van der Waals surface area contributed by atoms with E-state index in [1.807, 2.05) is 0 Å². The Kier molecular flexibility index (Phi) is 1.89. The standard InChI is InChI=1S/C5H9NO2/c1-3-4(7)5(2,6)8/h3,8H,1,6H2,2H3. The fraction of sp³-hybridized carbons (Fsp3) is 0.400. The van der Waals surface area contributed by atoms with Gasteiger partial charge < -0.3 is 5.11 Å². The number of carbonyl (C=O) groups is 1. The van der Waals surface area contributed by atoms with Crippen LogP contribution in [0.4, 0.5) is 0 Å². The van der Waals surface area contributed by atoms with Crippen LogP contribution in [-0.4, -0.2) is 16.6 Å². The summed E-state index contributed by atoms with van der Waals surface area (Å²) in [5.41, 5.74) is 3.18. The Morgan fingerprint density at radius 1 is 2.00 bits per heavy atom. The molecule has 0 amide bonds. The molecule has 0 aromatic rings. The van der Waals surface area contributed by atoms with Crippen molar-refractivity contribution in [2.45, 2.75) is 12.6 Å². The molecule has 0 fully saturated rings. The van der Waals surface area contributed by atoms with E-state index in [1.165, 1.54) is 6.92 Å². The van der Waals surface area contributed by atoms with Crippen LogP contribution in [-0.2, 0) is 4.79 Å². The molecule has 0 radical (unpaired) electrons. The first-order chi connectivity index (χ1) is 3.48. The number of rotatable bonds is 2. The summed E-state index contributed by atoms with van der Waals surface area (Å²) in [7, 11) is 0. The van der Waals surface area contributed by atoms with Crippen molar-refractivity contribution >= 4 is 5.78 Å². The van der Waals surface area contributed by atoms with E-state index in [0.717, 1.165) is 6.08 Å². The molecule has 0 aromatic heterocycles. The summed E-state index contributed by atoms with van der Waals surface area (Å²) in [6, 6.07) is 0. The molecule has 3 heteroatoms. The Balaban J connectivity index is 4.02.